The van der Waals surface area contributed by atoms with Crippen LogP contribution in [-0.2, 0) is 15.9 Å². The summed E-state index contributed by atoms with van der Waals surface area (Å²) in [5.74, 6) is 0.640. The SMILES string of the molecule is CSC1=NC2(CC(C)(c3ccccc3)Oc3ccccc32)C(=O)N1. The summed E-state index contributed by atoms with van der Waals surface area (Å²) >= 11 is 1.45. The highest BCUT2D eigenvalue weighted by Gasteiger charge is 2.55. The number of amidine groups is 1. The first-order chi connectivity index (χ1) is 11.6. The van der Waals surface area contributed by atoms with Gasteiger partial charge in [0.25, 0.3) is 5.91 Å². The molecule has 1 spiro atoms. The third kappa shape index (κ3) is 2.15. The predicted octanol–water partition coefficient (Wildman–Crippen LogP) is 3.43. The molecule has 4 rings (SSSR count). The predicted molar refractivity (Wildman–Crippen MR) is 96.3 cm³/mol. The second-order valence-electron chi connectivity index (χ2n) is 6.31. The second kappa shape index (κ2) is 5.38. The molecule has 2 aromatic carbocycles. The zero-order valence-corrected chi connectivity index (χ0v) is 14.4. The van der Waals surface area contributed by atoms with Crippen molar-refractivity contribution in [1.82, 2.24) is 5.32 Å². The summed E-state index contributed by atoms with van der Waals surface area (Å²) in [4.78, 5) is 17.7. The number of benzene rings is 2. The molecule has 2 aliphatic heterocycles. The van der Waals surface area contributed by atoms with Crippen molar-refractivity contribution in [2.45, 2.75) is 24.5 Å². The number of carbonyl (C=O) groups excluding carboxylic acids is 1. The van der Waals surface area contributed by atoms with Crippen molar-refractivity contribution in [3.05, 3.63) is 65.7 Å². The maximum absolute atomic E-state index is 12.9. The molecule has 0 radical (unpaired) electrons. The number of thioether (sulfide) groups is 1. The van der Waals surface area contributed by atoms with Crippen LogP contribution in [0.25, 0.3) is 0 Å². The fourth-order valence-electron chi connectivity index (χ4n) is 3.56. The molecule has 2 aliphatic rings. The number of carbonyl (C=O) groups is 1. The van der Waals surface area contributed by atoms with Crippen LogP contribution >= 0.6 is 11.8 Å². The van der Waals surface area contributed by atoms with E-state index >= 15 is 0 Å². The molecule has 2 unspecified atom stereocenters. The fraction of sp³-hybridized carbons (Fsp3) is 0.263. The number of nitrogens with zero attached hydrogens (tertiary/aromatic N) is 1. The number of amides is 1. The number of aliphatic imine (C=N–C) groups is 1. The summed E-state index contributed by atoms with van der Waals surface area (Å²) in [7, 11) is 0. The topological polar surface area (TPSA) is 50.7 Å². The Morgan fingerprint density at radius 2 is 1.83 bits per heavy atom. The highest BCUT2D eigenvalue weighted by atomic mass is 32.2. The molecule has 1 N–H and O–H groups in total. The number of hydrogen-bond acceptors (Lipinski definition) is 4. The smallest absolute Gasteiger partial charge is 0.258 e. The molecule has 4 nitrogen and oxygen atoms in total. The van der Waals surface area contributed by atoms with Crippen molar-refractivity contribution < 1.29 is 9.53 Å². The van der Waals surface area contributed by atoms with Crippen LogP contribution < -0.4 is 10.1 Å². The second-order valence-corrected chi connectivity index (χ2v) is 7.10. The third-order valence-corrected chi connectivity index (χ3v) is 5.31. The van der Waals surface area contributed by atoms with Gasteiger partial charge in [-0.15, -0.1) is 0 Å². The third-order valence-electron chi connectivity index (χ3n) is 4.73. The summed E-state index contributed by atoms with van der Waals surface area (Å²) in [6, 6.07) is 17.7. The molecule has 0 bridgehead atoms. The van der Waals surface area contributed by atoms with Crippen LogP contribution in [0.15, 0.2) is 59.6 Å². The average molecular weight is 338 g/mol. The molecular weight excluding hydrogens is 320 g/mol. The van der Waals surface area contributed by atoms with Gasteiger partial charge in [-0.05, 0) is 24.8 Å². The molecule has 122 valence electrons. The average Bonchev–Trinajstić information content (AvgIpc) is 2.92. The molecule has 1 amide bonds. The normalized spacial score (nSPS) is 28.1. The van der Waals surface area contributed by atoms with Crippen LogP contribution in [0.4, 0.5) is 0 Å². The molecule has 24 heavy (non-hydrogen) atoms. The van der Waals surface area contributed by atoms with Crippen molar-refractivity contribution in [2.24, 2.45) is 4.99 Å². The van der Waals surface area contributed by atoms with Crippen LogP contribution in [0.5, 0.6) is 5.75 Å². The lowest BCUT2D eigenvalue weighted by molar-refractivity contribution is -0.127. The summed E-state index contributed by atoms with van der Waals surface area (Å²) < 4.78 is 6.35. The highest BCUT2D eigenvalue weighted by Crippen LogP contribution is 2.51. The Bertz CT molecular complexity index is 836. The number of rotatable bonds is 1. The number of fused-ring (bicyclic) bond motifs is 2. The molecular formula is C19H18N2O2S. The van der Waals surface area contributed by atoms with Crippen LogP contribution in [0.2, 0.25) is 0 Å². The Kier molecular flexibility index (Phi) is 3.42. The van der Waals surface area contributed by atoms with E-state index in [-0.39, 0.29) is 5.91 Å². The number of para-hydroxylation sites is 1. The molecule has 5 heteroatoms. The van der Waals surface area contributed by atoms with Gasteiger partial charge in [-0.1, -0.05) is 60.3 Å². The standard InChI is InChI=1S/C19H18N2O2S/c1-18(13-8-4-3-5-9-13)12-19(16(22)20-17(21-19)24-2)14-10-6-7-11-15(14)23-18/h3-11H,12H2,1-2H3,(H,20,21,22). The van der Waals surface area contributed by atoms with E-state index < -0.39 is 11.1 Å². The van der Waals surface area contributed by atoms with E-state index in [2.05, 4.69) is 5.32 Å². The molecule has 2 heterocycles. The largest absolute Gasteiger partial charge is 0.482 e. The van der Waals surface area contributed by atoms with Gasteiger partial charge in [0.15, 0.2) is 10.7 Å². The molecule has 0 aromatic heterocycles. The van der Waals surface area contributed by atoms with Crippen LogP contribution in [0.1, 0.15) is 24.5 Å². The number of nitrogens with one attached hydrogen (secondary N) is 1. The summed E-state index contributed by atoms with van der Waals surface area (Å²) in [6.07, 6.45) is 2.39. The summed E-state index contributed by atoms with van der Waals surface area (Å²) in [5.41, 5.74) is 0.321. The van der Waals surface area contributed by atoms with Crippen molar-refractivity contribution in [3.63, 3.8) is 0 Å². The molecule has 0 fully saturated rings. The molecule has 0 saturated carbocycles. The first kappa shape index (κ1) is 15.3. The van der Waals surface area contributed by atoms with Crippen LogP contribution in [0.3, 0.4) is 0 Å². The first-order valence-corrected chi connectivity index (χ1v) is 9.09. The monoisotopic (exact) mass is 338 g/mol. The van der Waals surface area contributed by atoms with Crippen LogP contribution in [-0.4, -0.2) is 17.3 Å². The quantitative estimate of drug-likeness (QED) is 0.867. The van der Waals surface area contributed by atoms with E-state index in [0.717, 1.165) is 16.9 Å². The van der Waals surface area contributed by atoms with Crippen molar-refractivity contribution >= 4 is 22.8 Å². The van der Waals surface area contributed by atoms with E-state index in [4.69, 9.17) is 9.73 Å². The minimum Gasteiger partial charge on any atom is -0.482 e. The van der Waals surface area contributed by atoms with Gasteiger partial charge >= 0.3 is 0 Å². The maximum Gasteiger partial charge on any atom is 0.258 e. The van der Waals surface area contributed by atoms with Gasteiger partial charge in [0.2, 0.25) is 0 Å². The van der Waals surface area contributed by atoms with Gasteiger partial charge in [-0.25, -0.2) is 4.99 Å². The molecule has 0 saturated heterocycles. The van der Waals surface area contributed by atoms with Gasteiger partial charge < -0.3 is 10.1 Å². The first-order valence-electron chi connectivity index (χ1n) is 7.87. The Hall–Kier alpha value is -2.27. The van der Waals surface area contributed by atoms with Crippen molar-refractivity contribution in [2.75, 3.05) is 6.26 Å². The lowest BCUT2D eigenvalue weighted by Crippen LogP contribution is -2.48. The lowest BCUT2D eigenvalue weighted by Gasteiger charge is -2.43. The van der Waals surface area contributed by atoms with Crippen LogP contribution in [0, 0.1) is 0 Å². The molecule has 2 atom stereocenters. The Balaban J connectivity index is 1.91. The van der Waals surface area contributed by atoms with Gasteiger partial charge in [0.05, 0.1) is 0 Å². The molecule has 2 aromatic rings. The highest BCUT2D eigenvalue weighted by molar-refractivity contribution is 8.13. The molecule has 0 aliphatic carbocycles. The summed E-state index contributed by atoms with van der Waals surface area (Å²) in [5, 5.41) is 3.57. The zero-order valence-electron chi connectivity index (χ0n) is 13.6. The van der Waals surface area contributed by atoms with Crippen molar-refractivity contribution in [1.29, 1.82) is 0 Å². The Morgan fingerprint density at radius 1 is 1.12 bits per heavy atom. The number of hydrogen-bond donors (Lipinski definition) is 1. The van der Waals surface area contributed by atoms with E-state index in [9.17, 15) is 4.79 Å². The van der Waals surface area contributed by atoms with Gasteiger partial charge in [0.1, 0.15) is 11.4 Å². The minimum absolute atomic E-state index is 0.0789. The Labute approximate surface area is 145 Å². The van der Waals surface area contributed by atoms with Crippen molar-refractivity contribution in [3.8, 4) is 5.75 Å². The number of ether oxygens (including phenoxy) is 1. The van der Waals surface area contributed by atoms with E-state index in [1.807, 2.05) is 67.8 Å². The lowest BCUT2D eigenvalue weighted by atomic mass is 9.74. The van der Waals surface area contributed by atoms with E-state index in [1.54, 1.807) is 0 Å². The van der Waals surface area contributed by atoms with E-state index in [1.165, 1.54) is 11.8 Å². The van der Waals surface area contributed by atoms with Gasteiger partial charge in [-0.2, -0.15) is 0 Å². The van der Waals surface area contributed by atoms with Gasteiger partial charge in [0, 0.05) is 12.0 Å². The van der Waals surface area contributed by atoms with Gasteiger partial charge in [-0.3, -0.25) is 4.79 Å². The zero-order chi connectivity index (χ0) is 16.8. The van der Waals surface area contributed by atoms with E-state index in [0.29, 0.717) is 11.6 Å². The summed E-state index contributed by atoms with van der Waals surface area (Å²) in [6.45, 7) is 2.03. The Morgan fingerprint density at radius 3 is 2.54 bits per heavy atom. The fourth-order valence-corrected chi connectivity index (χ4v) is 4.00. The maximum atomic E-state index is 12.9. The minimum atomic E-state index is -0.933.